The Morgan fingerprint density at radius 2 is 1.11 bits per heavy atom. The van der Waals surface area contributed by atoms with Crippen molar-refractivity contribution in [3.8, 4) is 28.5 Å². The van der Waals surface area contributed by atoms with Crippen LogP contribution >= 0.6 is 0 Å². The van der Waals surface area contributed by atoms with E-state index >= 15 is 0 Å². The Morgan fingerprint density at radius 1 is 0.457 bits per heavy atom. The van der Waals surface area contributed by atoms with E-state index in [1.807, 2.05) is 30.3 Å². The predicted octanol–water partition coefficient (Wildman–Crippen LogP) is 11.1. The van der Waals surface area contributed by atoms with Crippen LogP contribution in [0.2, 0.25) is 0 Å². The van der Waals surface area contributed by atoms with Gasteiger partial charge in [-0.05, 0) is 16.8 Å². The second-order valence-corrected chi connectivity index (χ2v) is 11.8. The molecule has 0 spiro atoms. The van der Waals surface area contributed by atoms with Gasteiger partial charge in [0.15, 0.2) is 5.82 Å². The van der Waals surface area contributed by atoms with Crippen molar-refractivity contribution in [2.45, 2.75) is 0 Å². The van der Waals surface area contributed by atoms with Crippen LogP contribution < -0.4 is 0 Å². The van der Waals surface area contributed by atoms with Crippen molar-refractivity contribution in [1.29, 1.82) is 0 Å². The fourth-order valence-corrected chi connectivity index (χ4v) is 7.18. The highest BCUT2D eigenvalue weighted by Crippen LogP contribution is 2.47. The molecule has 0 saturated heterocycles. The van der Waals surface area contributed by atoms with E-state index in [0.717, 1.165) is 66.4 Å². The Kier molecular flexibility index (Phi) is 5.25. The van der Waals surface area contributed by atoms with Gasteiger partial charge in [0.1, 0.15) is 17.0 Å². The first-order valence-corrected chi connectivity index (χ1v) is 15.5. The van der Waals surface area contributed by atoms with Crippen LogP contribution in [0.4, 0.5) is 0 Å². The van der Waals surface area contributed by atoms with Crippen molar-refractivity contribution in [3.05, 3.63) is 152 Å². The molecule has 4 heteroatoms. The van der Waals surface area contributed by atoms with E-state index in [1.165, 1.54) is 21.5 Å². The van der Waals surface area contributed by atoms with Crippen LogP contribution in [-0.2, 0) is 0 Å². The number of aromatic nitrogens is 3. The molecule has 0 aliphatic heterocycles. The van der Waals surface area contributed by atoms with Crippen molar-refractivity contribution < 1.29 is 4.42 Å². The summed E-state index contributed by atoms with van der Waals surface area (Å²) in [5.74, 6) is 1.49. The monoisotopic (exact) mass is 587 g/mol. The molecule has 0 saturated carbocycles. The zero-order valence-electron chi connectivity index (χ0n) is 24.7. The minimum Gasteiger partial charge on any atom is -0.455 e. The highest BCUT2D eigenvalue weighted by atomic mass is 16.3. The third-order valence-corrected chi connectivity index (χ3v) is 9.17. The zero-order chi connectivity index (χ0) is 30.2. The third kappa shape index (κ3) is 3.55. The van der Waals surface area contributed by atoms with Crippen molar-refractivity contribution >= 4 is 65.3 Å². The summed E-state index contributed by atoms with van der Waals surface area (Å²) in [6, 6.07) is 52.8. The molecule has 0 fully saturated rings. The number of hydrogen-bond acceptors (Lipinski definition) is 3. The zero-order valence-corrected chi connectivity index (χ0v) is 24.7. The summed E-state index contributed by atoms with van der Waals surface area (Å²) < 4.78 is 9.05. The topological polar surface area (TPSA) is 43.9 Å². The summed E-state index contributed by atoms with van der Waals surface area (Å²) in [5, 5.41) is 9.15. The average Bonchev–Trinajstić information content (AvgIpc) is 3.69. The molecule has 0 aliphatic carbocycles. The molecule has 46 heavy (non-hydrogen) atoms. The van der Waals surface area contributed by atoms with Gasteiger partial charge in [-0.15, -0.1) is 0 Å². The largest absolute Gasteiger partial charge is 0.455 e. The van der Waals surface area contributed by atoms with Crippen molar-refractivity contribution in [1.82, 2.24) is 14.5 Å². The van der Waals surface area contributed by atoms with Gasteiger partial charge in [-0.3, -0.25) is 4.57 Å². The highest BCUT2D eigenvalue weighted by molar-refractivity contribution is 6.36. The molecule has 0 aliphatic rings. The van der Waals surface area contributed by atoms with Gasteiger partial charge in [0.2, 0.25) is 0 Å². The lowest BCUT2D eigenvalue weighted by Crippen LogP contribution is -2.03. The van der Waals surface area contributed by atoms with E-state index in [-0.39, 0.29) is 0 Å². The van der Waals surface area contributed by atoms with Crippen molar-refractivity contribution in [3.63, 3.8) is 0 Å². The minimum atomic E-state index is 0.682. The molecule has 10 aromatic rings. The van der Waals surface area contributed by atoms with Crippen LogP contribution in [0.3, 0.4) is 0 Å². The summed E-state index contributed by atoms with van der Waals surface area (Å²) >= 11 is 0. The first-order valence-electron chi connectivity index (χ1n) is 15.5. The van der Waals surface area contributed by atoms with Crippen LogP contribution in [0.25, 0.3) is 93.8 Å². The van der Waals surface area contributed by atoms with E-state index in [2.05, 4.69) is 126 Å². The molecule has 0 N–H and O–H groups in total. The number of hydrogen-bond donors (Lipinski definition) is 0. The van der Waals surface area contributed by atoms with Gasteiger partial charge in [0, 0.05) is 44.1 Å². The maximum absolute atomic E-state index is 6.69. The summed E-state index contributed by atoms with van der Waals surface area (Å²) in [6.07, 6.45) is 0. The molecule has 10 rings (SSSR count). The quantitative estimate of drug-likeness (QED) is 0.207. The van der Waals surface area contributed by atoms with E-state index in [4.69, 9.17) is 14.4 Å². The number of fused-ring (bicyclic) bond motifs is 12. The Balaban J connectivity index is 1.48. The van der Waals surface area contributed by atoms with Crippen LogP contribution in [0.5, 0.6) is 0 Å². The first kappa shape index (κ1) is 25.1. The van der Waals surface area contributed by atoms with Crippen LogP contribution in [0, 0.1) is 0 Å². The summed E-state index contributed by atoms with van der Waals surface area (Å²) in [4.78, 5) is 10.5. The molecule has 0 bridgehead atoms. The molecule has 0 unspecified atom stereocenters. The fourth-order valence-electron chi connectivity index (χ4n) is 7.18. The fraction of sp³-hybridized carbons (Fsp3) is 0. The Hall–Kier alpha value is -6.26. The number of benzene rings is 7. The van der Waals surface area contributed by atoms with Gasteiger partial charge in [0.25, 0.3) is 0 Å². The maximum atomic E-state index is 6.69. The first-order chi connectivity index (χ1) is 22.8. The average molecular weight is 588 g/mol. The molecule has 0 radical (unpaired) electrons. The Labute approximate surface area is 263 Å². The lowest BCUT2D eigenvalue weighted by Gasteiger charge is -2.14. The second-order valence-electron chi connectivity index (χ2n) is 11.8. The molecule has 0 amide bonds. The van der Waals surface area contributed by atoms with Gasteiger partial charge >= 0.3 is 0 Å². The summed E-state index contributed by atoms with van der Waals surface area (Å²) in [5.41, 5.74) is 6.84. The molecule has 0 atom stereocenters. The number of para-hydroxylation sites is 1. The third-order valence-electron chi connectivity index (χ3n) is 9.17. The lowest BCUT2D eigenvalue weighted by atomic mass is 9.98. The molecule has 7 aromatic carbocycles. The number of furan rings is 1. The Bertz CT molecular complexity index is 2740. The van der Waals surface area contributed by atoms with E-state index in [9.17, 15) is 0 Å². The van der Waals surface area contributed by atoms with Gasteiger partial charge in [-0.25, -0.2) is 9.97 Å². The molecular formula is C42H25N3O. The smallest absolute Gasteiger partial charge is 0.162 e. The number of nitrogens with zero attached hydrogens (tertiary/aromatic N) is 3. The minimum absolute atomic E-state index is 0.682. The van der Waals surface area contributed by atoms with Gasteiger partial charge < -0.3 is 4.42 Å². The predicted molar refractivity (Wildman–Crippen MR) is 190 cm³/mol. The van der Waals surface area contributed by atoms with Gasteiger partial charge in [-0.2, -0.15) is 0 Å². The van der Waals surface area contributed by atoms with Crippen LogP contribution in [0.15, 0.2) is 156 Å². The van der Waals surface area contributed by atoms with Gasteiger partial charge in [0.05, 0.1) is 22.1 Å². The molecule has 3 aromatic heterocycles. The molecule has 214 valence electrons. The Morgan fingerprint density at radius 3 is 1.91 bits per heavy atom. The van der Waals surface area contributed by atoms with Gasteiger partial charge in [-0.1, -0.05) is 140 Å². The second kappa shape index (κ2) is 9.62. The summed E-state index contributed by atoms with van der Waals surface area (Å²) in [6.45, 7) is 0. The lowest BCUT2D eigenvalue weighted by molar-refractivity contribution is 0.673. The van der Waals surface area contributed by atoms with E-state index in [0.29, 0.717) is 5.82 Å². The SMILES string of the molecule is c1ccc(-c2cc(-n3c4c5ccccc5ccc4c4c5ccccc5c5oc6ccccc6c5c43)nc(-c3ccccc3)n2)cc1. The van der Waals surface area contributed by atoms with Crippen LogP contribution in [0.1, 0.15) is 0 Å². The van der Waals surface area contributed by atoms with E-state index < -0.39 is 0 Å². The van der Waals surface area contributed by atoms with Crippen LogP contribution in [-0.4, -0.2) is 14.5 Å². The standard InChI is InChI=1S/C42H25N3O/c1-3-14-27(15-4-1)34-25-36(44-42(43-34)28-16-5-2-6-17-28)45-39-29-18-8-7-13-26(29)23-24-33(39)37-30-19-9-10-20-31(30)41-38(40(37)45)32-21-11-12-22-35(32)46-41/h1-25H. The maximum Gasteiger partial charge on any atom is 0.162 e. The van der Waals surface area contributed by atoms with E-state index in [1.54, 1.807) is 0 Å². The molecule has 3 heterocycles. The summed E-state index contributed by atoms with van der Waals surface area (Å²) in [7, 11) is 0. The molecular weight excluding hydrogens is 562 g/mol. The number of rotatable bonds is 3. The molecule has 4 nitrogen and oxygen atoms in total. The highest BCUT2D eigenvalue weighted by Gasteiger charge is 2.25. The van der Waals surface area contributed by atoms with Crippen molar-refractivity contribution in [2.75, 3.05) is 0 Å². The normalized spacial score (nSPS) is 11.9. The van der Waals surface area contributed by atoms with Crippen molar-refractivity contribution in [2.24, 2.45) is 0 Å².